The van der Waals surface area contributed by atoms with Crippen molar-refractivity contribution in [2.45, 2.75) is 56.9 Å². The van der Waals surface area contributed by atoms with Crippen molar-refractivity contribution in [3.05, 3.63) is 30.1 Å². The normalized spacial score (nSPS) is 22.8. The van der Waals surface area contributed by atoms with Gasteiger partial charge in [0.15, 0.2) is 0 Å². The van der Waals surface area contributed by atoms with Crippen LogP contribution in [0.15, 0.2) is 24.5 Å². The number of aromatic nitrogens is 1. The molecule has 2 N–H and O–H groups in total. The molecule has 8 nitrogen and oxygen atoms in total. The van der Waals surface area contributed by atoms with Gasteiger partial charge >= 0.3 is 24.3 Å². The van der Waals surface area contributed by atoms with Crippen molar-refractivity contribution in [3.63, 3.8) is 0 Å². The van der Waals surface area contributed by atoms with E-state index in [2.05, 4.69) is 28.9 Å². The maximum atomic E-state index is 10.6. The highest BCUT2D eigenvalue weighted by atomic mass is 19.4. The number of aliphatic carboxylic acids is 2. The number of pyridine rings is 1. The minimum Gasteiger partial charge on any atom is -0.475 e. The topological polar surface area (TPSA) is 109 Å². The number of ether oxygens (including phenoxy) is 2. The number of hydrogen-bond donors (Lipinski definition) is 2. The summed E-state index contributed by atoms with van der Waals surface area (Å²) in [4.78, 5) is 24.4. The third-order valence-corrected chi connectivity index (χ3v) is 4.65. The number of nitrogens with zero attached hydrogens (tertiary/aromatic N) is 2. The second-order valence-electron chi connectivity index (χ2n) is 6.91. The molecule has 2 fully saturated rings. The highest BCUT2D eigenvalue weighted by molar-refractivity contribution is 5.73. The summed E-state index contributed by atoms with van der Waals surface area (Å²) in [7, 11) is 0. The average Bonchev–Trinajstić information content (AvgIpc) is 3.13. The van der Waals surface area contributed by atoms with Crippen molar-refractivity contribution >= 4 is 11.9 Å². The first-order chi connectivity index (χ1) is 15.3. The zero-order chi connectivity index (χ0) is 25.2. The molecule has 1 saturated carbocycles. The van der Waals surface area contributed by atoms with Gasteiger partial charge in [0.25, 0.3) is 0 Å². The number of carbonyl (C=O) groups is 2. The van der Waals surface area contributed by atoms with E-state index in [1.54, 1.807) is 0 Å². The summed E-state index contributed by atoms with van der Waals surface area (Å²) < 4.78 is 75.2. The number of rotatable bonds is 4. The summed E-state index contributed by atoms with van der Waals surface area (Å²) in [6, 6.07) is 4.71. The fraction of sp³-hybridized carbons (Fsp3) is 0.632. The number of carboxylic acids is 2. The lowest BCUT2D eigenvalue weighted by Crippen LogP contribution is -2.51. The zero-order valence-corrected chi connectivity index (χ0v) is 17.5. The molecule has 3 atom stereocenters. The van der Waals surface area contributed by atoms with Gasteiger partial charge in [0.05, 0.1) is 18.8 Å². The van der Waals surface area contributed by atoms with E-state index in [4.69, 9.17) is 29.3 Å². The van der Waals surface area contributed by atoms with Gasteiger partial charge < -0.3 is 19.7 Å². The van der Waals surface area contributed by atoms with Crippen LogP contribution in [0.4, 0.5) is 26.3 Å². The molecule has 1 aromatic heterocycles. The monoisotopic (exact) mass is 490 g/mol. The Morgan fingerprint density at radius 1 is 1.09 bits per heavy atom. The lowest BCUT2D eigenvalue weighted by atomic mass is 10.1. The van der Waals surface area contributed by atoms with E-state index in [0.717, 1.165) is 32.7 Å². The highest BCUT2D eigenvalue weighted by Gasteiger charge is 2.43. The van der Waals surface area contributed by atoms with Crippen molar-refractivity contribution < 1.29 is 55.6 Å². The molecule has 0 radical (unpaired) electrons. The maximum Gasteiger partial charge on any atom is 0.490 e. The molecular formula is C19H24F6N2O6. The second kappa shape index (κ2) is 12.7. The first-order valence-electron chi connectivity index (χ1n) is 9.73. The van der Waals surface area contributed by atoms with Crippen LogP contribution in [0.5, 0.6) is 0 Å². The van der Waals surface area contributed by atoms with Gasteiger partial charge in [0, 0.05) is 38.1 Å². The molecule has 1 aromatic rings. The van der Waals surface area contributed by atoms with Gasteiger partial charge in [0.1, 0.15) is 0 Å². The number of hydrogen-bond acceptors (Lipinski definition) is 6. The Kier molecular flexibility index (Phi) is 11.0. The van der Waals surface area contributed by atoms with Crippen molar-refractivity contribution in [1.82, 2.24) is 9.88 Å². The van der Waals surface area contributed by atoms with E-state index in [-0.39, 0.29) is 12.2 Å². The summed E-state index contributed by atoms with van der Waals surface area (Å²) in [5.74, 6) is -5.51. The van der Waals surface area contributed by atoms with Crippen LogP contribution in [0, 0.1) is 0 Å². The smallest absolute Gasteiger partial charge is 0.475 e. The zero-order valence-electron chi connectivity index (χ0n) is 17.5. The van der Waals surface area contributed by atoms with Crippen LogP contribution in [-0.2, 0) is 25.6 Å². The Bertz CT molecular complexity index is 723. The summed E-state index contributed by atoms with van der Waals surface area (Å²) >= 11 is 0. The van der Waals surface area contributed by atoms with Crippen LogP contribution in [0.1, 0.15) is 25.3 Å². The standard InChI is InChI=1S/C15H22N2O2.2C2HF3O2/c1-2-18-14-4-3-13-15(14)19-10-9-17(13)11-12-5-7-16-8-6-12;2*3-2(4,5)1(6)7/h5-8,13-15H,2-4,9-11H2,1H3;2*(H,6,7)/t13-,14+,15+;;/m0../s1. The number of fused-ring (bicyclic) bond motifs is 1. The van der Waals surface area contributed by atoms with Crippen molar-refractivity contribution in [1.29, 1.82) is 0 Å². The quantitative estimate of drug-likeness (QED) is 0.620. The predicted molar refractivity (Wildman–Crippen MR) is 100 cm³/mol. The molecule has 0 aromatic carbocycles. The molecule has 3 rings (SSSR count). The summed E-state index contributed by atoms with van der Waals surface area (Å²) in [6.07, 6.45) is -3.59. The average molecular weight is 490 g/mol. The van der Waals surface area contributed by atoms with Crippen LogP contribution in [-0.4, -0.2) is 82.4 Å². The number of morpholine rings is 1. The predicted octanol–water partition coefficient (Wildman–Crippen LogP) is 3.12. The lowest BCUT2D eigenvalue weighted by Gasteiger charge is -2.39. The molecule has 0 amide bonds. The van der Waals surface area contributed by atoms with E-state index in [0.29, 0.717) is 6.04 Å². The van der Waals surface area contributed by atoms with Crippen LogP contribution in [0.2, 0.25) is 0 Å². The maximum absolute atomic E-state index is 10.6. The van der Waals surface area contributed by atoms with Crippen LogP contribution in [0.3, 0.4) is 0 Å². The van der Waals surface area contributed by atoms with Crippen LogP contribution in [0.25, 0.3) is 0 Å². The molecule has 0 bridgehead atoms. The fourth-order valence-corrected chi connectivity index (χ4v) is 3.30. The Labute approximate surface area is 185 Å². The minimum atomic E-state index is -5.08. The van der Waals surface area contributed by atoms with Gasteiger partial charge in [0.2, 0.25) is 0 Å². The van der Waals surface area contributed by atoms with Crippen molar-refractivity contribution in [2.75, 3.05) is 19.8 Å². The van der Waals surface area contributed by atoms with Crippen LogP contribution >= 0.6 is 0 Å². The van der Waals surface area contributed by atoms with E-state index in [1.807, 2.05) is 12.4 Å². The molecule has 0 spiro atoms. The molecule has 14 heteroatoms. The summed E-state index contributed by atoms with van der Waals surface area (Å²) in [5.41, 5.74) is 1.33. The largest absolute Gasteiger partial charge is 0.490 e. The van der Waals surface area contributed by atoms with Gasteiger partial charge in [-0.1, -0.05) is 0 Å². The Balaban J connectivity index is 0.000000324. The molecule has 33 heavy (non-hydrogen) atoms. The summed E-state index contributed by atoms with van der Waals surface area (Å²) in [6.45, 7) is 5.66. The summed E-state index contributed by atoms with van der Waals surface area (Å²) in [5, 5.41) is 14.2. The number of carboxylic acid groups (broad SMARTS) is 2. The molecule has 2 heterocycles. The van der Waals surface area contributed by atoms with E-state index in [1.165, 1.54) is 12.0 Å². The lowest BCUT2D eigenvalue weighted by molar-refractivity contribution is -0.193. The minimum absolute atomic E-state index is 0.260. The first kappa shape index (κ1) is 28.6. The first-order valence-corrected chi connectivity index (χ1v) is 9.73. The molecule has 1 saturated heterocycles. The molecule has 1 aliphatic carbocycles. The SMILES string of the molecule is CCO[C@@H]1CC[C@H]2[C@H]1OCCN2Cc1ccncc1.O=C(O)C(F)(F)F.O=C(O)C(F)(F)F. The van der Waals surface area contributed by atoms with Crippen molar-refractivity contribution in [3.8, 4) is 0 Å². The highest BCUT2D eigenvalue weighted by Crippen LogP contribution is 2.32. The number of alkyl halides is 6. The van der Waals surface area contributed by atoms with E-state index in [9.17, 15) is 26.3 Å². The molecular weight excluding hydrogens is 466 g/mol. The second-order valence-corrected chi connectivity index (χ2v) is 6.91. The molecule has 0 unspecified atom stereocenters. The van der Waals surface area contributed by atoms with Gasteiger partial charge in [-0.05, 0) is 37.5 Å². The molecule has 188 valence electrons. The third-order valence-electron chi connectivity index (χ3n) is 4.65. The fourth-order valence-electron chi connectivity index (χ4n) is 3.30. The third kappa shape index (κ3) is 9.92. The van der Waals surface area contributed by atoms with Gasteiger partial charge in [-0.15, -0.1) is 0 Å². The van der Waals surface area contributed by atoms with Crippen LogP contribution < -0.4 is 0 Å². The molecule has 1 aliphatic heterocycles. The van der Waals surface area contributed by atoms with E-state index < -0.39 is 24.3 Å². The molecule has 2 aliphatic rings. The number of halogens is 6. The van der Waals surface area contributed by atoms with Gasteiger partial charge in [-0.25, -0.2) is 9.59 Å². The van der Waals surface area contributed by atoms with E-state index >= 15 is 0 Å². The van der Waals surface area contributed by atoms with Crippen molar-refractivity contribution in [2.24, 2.45) is 0 Å². The van der Waals surface area contributed by atoms with Gasteiger partial charge in [-0.2, -0.15) is 26.3 Å². The Morgan fingerprint density at radius 2 is 1.61 bits per heavy atom. The van der Waals surface area contributed by atoms with Gasteiger partial charge in [-0.3, -0.25) is 9.88 Å². The Hall–Kier alpha value is -2.45. The Morgan fingerprint density at radius 3 is 2.06 bits per heavy atom.